The van der Waals surface area contributed by atoms with Gasteiger partial charge in [0.15, 0.2) is 0 Å². The third kappa shape index (κ3) is 2.85. The molecular weight excluding hydrogens is 228 g/mol. The lowest BCUT2D eigenvalue weighted by Gasteiger charge is -2.09. The molecule has 0 aliphatic rings. The van der Waals surface area contributed by atoms with Crippen LogP contribution in [0.5, 0.6) is 0 Å². The van der Waals surface area contributed by atoms with Gasteiger partial charge < -0.3 is 9.88 Å². The molecule has 1 heterocycles. The number of aryl methyl sites for hydroxylation is 1. The monoisotopic (exact) mass is 248 g/mol. The standard InChI is InChI=1S/C14H20N2S/c1-11(17-3)8-15-9-12-10-16(2)14-7-5-4-6-13(12)14/h4-7,10-11,15H,8-9H2,1-3H3. The van der Waals surface area contributed by atoms with Gasteiger partial charge in [-0.3, -0.25) is 0 Å². The molecule has 0 amide bonds. The summed E-state index contributed by atoms with van der Waals surface area (Å²) in [5.41, 5.74) is 2.69. The number of thioether (sulfide) groups is 1. The number of nitrogens with one attached hydrogen (secondary N) is 1. The molecule has 92 valence electrons. The van der Waals surface area contributed by atoms with Crippen LogP contribution in [0.25, 0.3) is 10.9 Å². The number of aromatic nitrogens is 1. The van der Waals surface area contributed by atoms with Crippen LogP contribution in [-0.2, 0) is 13.6 Å². The molecule has 2 nitrogen and oxygen atoms in total. The predicted octanol–water partition coefficient (Wildman–Crippen LogP) is 3.02. The fourth-order valence-corrected chi connectivity index (χ4v) is 2.34. The summed E-state index contributed by atoms with van der Waals surface area (Å²) in [5, 5.41) is 5.56. The molecule has 1 aromatic heterocycles. The molecule has 2 aromatic rings. The van der Waals surface area contributed by atoms with Crippen LogP contribution in [0.15, 0.2) is 30.5 Å². The second-order valence-electron chi connectivity index (χ2n) is 4.46. The van der Waals surface area contributed by atoms with Crippen LogP contribution in [0, 0.1) is 0 Å². The first-order valence-electron chi connectivity index (χ1n) is 5.99. The number of nitrogens with zero attached hydrogens (tertiary/aromatic N) is 1. The third-order valence-electron chi connectivity index (χ3n) is 3.13. The molecule has 0 saturated heterocycles. The van der Waals surface area contributed by atoms with Crippen molar-refractivity contribution in [2.24, 2.45) is 7.05 Å². The van der Waals surface area contributed by atoms with Gasteiger partial charge in [0.05, 0.1) is 0 Å². The summed E-state index contributed by atoms with van der Waals surface area (Å²) in [5.74, 6) is 0. The van der Waals surface area contributed by atoms with Crippen molar-refractivity contribution in [3.8, 4) is 0 Å². The van der Waals surface area contributed by atoms with Crippen molar-refractivity contribution in [3.05, 3.63) is 36.0 Å². The summed E-state index contributed by atoms with van der Waals surface area (Å²) in [6.45, 7) is 4.26. The normalized spacial score (nSPS) is 13.1. The van der Waals surface area contributed by atoms with Crippen LogP contribution in [0.4, 0.5) is 0 Å². The average molecular weight is 248 g/mol. The van der Waals surface area contributed by atoms with Gasteiger partial charge in [-0.2, -0.15) is 11.8 Å². The Labute approximate surface area is 107 Å². The van der Waals surface area contributed by atoms with Gasteiger partial charge in [0.25, 0.3) is 0 Å². The first-order valence-corrected chi connectivity index (χ1v) is 7.27. The van der Waals surface area contributed by atoms with Crippen molar-refractivity contribution >= 4 is 22.7 Å². The van der Waals surface area contributed by atoms with Crippen molar-refractivity contribution < 1.29 is 0 Å². The van der Waals surface area contributed by atoms with Crippen LogP contribution in [0.1, 0.15) is 12.5 Å². The van der Waals surface area contributed by atoms with E-state index in [0.29, 0.717) is 5.25 Å². The number of rotatable bonds is 5. The van der Waals surface area contributed by atoms with E-state index in [1.165, 1.54) is 16.5 Å². The zero-order valence-corrected chi connectivity index (χ0v) is 11.6. The van der Waals surface area contributed by atoms with E-state index in [1.54, 1.807) is 0 Å². The minimum Gasteiger partial charge on any atom is -0.350 e. The summed E-state index contributed by atoms with van der Waals surface area (Å²) < 4.78 is 2.20. The first-order chi connectivity index (χ1) is 8.22. The maximum atomic E-state index is 3.52. The maximum Gasteiger partial charge on any atom is 0.0481 e. The first kappa shape index (κ1) is 12.5. The molecule has 1 N–H and O–H groups in total. The highest BCUT2D eigenvalue weighted by Crippen LogP contribution is 2.20. The van der Waals surface area contributed by atoms with E-state index in [2.05, 4.69) is 60.6 Å². The zero-order valence-electron chi connectivity index (χ0n) is 10.7. The highest BCUT2D eigenvalue weighted by atomic mass is 32.2. The zero-order chi connectivity index (χ0) is 12.3. The number of para-hydroxylation sites is 1. The lowest BCUT2D eigenvalue weighted by Crippen LogP contribution is -2.21. The third-order valence-corrected chi connectivity index (χ3v) is 4.10. The van der Waals surface area contributed by atoms with Gasteiger partial charge in [-0.05, 0) is 17.9 Å². The number of hydrogen-bond donors (Lipinski definition) is 1. The Balaban J connectivity index is 2.09. The van der Waals surface area contributed by atoms with Crippen LogP contribution in [0.3, 0.4) is 0 Å². The molecule has 2 rings (SSSR count). The van der Waals surface area contributed by atoms with Crippen LogP contribution in [-0.4, -0.2) is 22.6 Å². The fourth-order valence-electron chi connectivity index (χ4n) is 2.06. The van der Waals surface area contributed by atoms with Gasteiger partial charge in [-0.15, -0.1) is 0 Å². The molecule has 17 heavy (non-hydrogen) atoms. The van der Waals surface area contributed by atoms with E-state index in [9.17, 15) is 0 Å². The smallest absolute Gasteiger partial charge is 0.0481 e. The number of hydrogen-bond acceptors (Lipinski definition) is 2. The summed E-state index contributed by atoms with van der Waals surface area (Å²) in [6, 6.07) is 8.57. The molecule has 0 radical (unpaired) electrons. The molecule has 3 heteroatoms. The maximum absolute atomic E-state index is 3.52. The lowest BCUT2D eigenvalue weighted by molar-refractivity contribution is 0.685. The molecule has 0 aliphatic heterocycles. The molecular formula is C14H20N2S. The SMILES string of the molecule is CSC(C)CNCc1cn(C)c2ccccc12. The second-order valence-corrected chi connectivity index (χ2v) is 5.74. The predicted molar refractivity (Wildman–Crippen MR) is 77.6 cm³/mol. The molecule has 0 spiro atoms. The molecule has 0 fully saturated rings. The van der Waals surface area contributed by atoms with Crippen molar-refractivity contribution in [2.45, 2.75) is 18.7 Å². The van der Waals surface area contributed by atoms with E-state index >= 15 is 0 Å². The fraction of sp³-hybridized carbons (Fsp3) is 0.429. The van der Waals surface area contributed by atoms with E-state index < -0.39 is 0 Å². The Morgan fingerprint density at radius 3 is 2.88 bits per heavy atom. The highest BCUT2D eigenvalue weighted by Gasteiger charge is 2.05. The van der Waals surface area contributed by atoms with Crippen molar-refractivity contribution in [3.63, 3.8) is 0 Å². The molecule has 0 aliphatic carbocycles. The minimum absolute atomic E-state index is 0.671. The number of benzene rings is 1. The van der Waals surface area contributed by atoms with Gasteiger partial charge >= 0.3 is 0 Å². The van der Waals surface area contributed by atoms with Gasteiger partial charge in [-0.25, -0.2) is 0 Å². The molecule has 0 bridgehead atoms. The van der Waals surface area contributed by atoms with Gasteiger partial charge in [0.1, 0.15) is 0 Å². The molecule has 1 unspecified atom stereocenters. The Morgan fingerprint density at radius 1 is 1.35 bits per heavy atom. The van der Waals surface area contributed by atoms with Crippen LogP contribution >= 0.6 is 11.8 Å². The summed E-state index contributed by atoms with van der Waals surface area (Å²) in [6.07, 6.45) is 4.38. The highest BCUT2D eigenvalue weighted by molar-refractivity contribution is 7.99. The topological polar surface area (TPSA) is 17.0 Å². The van der Waals surface area contributed by atoms with Gasteiger partial charge in [0.2, 0.25) is 0 Å². The summed E-state index contributed by atoms with van der Waals surface area (Å²) in [4.78, 5) is 0. The minimum atomic E-state index is 0.671. The van der Waals surface area contributed by atoms with Gasteiger partial charge in [0, 0.05) is 42.5 Å². The van der Waals surface area contributed by atoms with Crippen LogP contribution < -0.4 is 5.32 Å². The lowest BCUT2D eigenvalue weighted by atomic mass is 10.2. The van der Waals surface area contributed by atoms with E-state index in [4.69, 9.17) is 0 Å². The van der Waals surface area contributed by atoms with E-state index in [1.807, 2.05) is 11.8 Å². The Morgan fingerprint density at radius 2 is 2.12 bits per heavy atom. The van der Waals surface area contributed by atoms with Crippen molar-refractivity contribution in [2.75, 3.05) is 12.8 Å². The van der Waals surface area contributed by atoms with E-state index in [-0.39, 0.29) is 0 Å². The largest absolute Gasteiger partial charge is 0.350 e. The Bertz CT molecular complexity index is 490. The quantitative estimate of drug-likeness (QED) is 0.876. The van der Waals surface area contributed by atoms with Crippen molar-refractivity contribution in [1.82, 2.24) is 9.88 Å². The van der Waals surface area contributed by atoms with Crippen molar-refractivity contribution in [1.29, 1.82) is 0 Å². The average Bonchev–Trinajstić information content (AvgIpc) is 2.67. The summed E-state index contributed by atoms with van der Waals surface area (Å²) >= 11 is 1.90. The Kier molecular flexibility index (Phi) is 4.13. The Hall–Kier alpha value is -0.930. The molecule has 0 saturated carbocycles. The van der Waals surface area contributed by atoms with Crippen LogP contribution in [0.2, 0.25) is 0 Å². The van der Waals surface area contributed by atoms with E-state index in [0.717, 1.165) is 13.1 Å². The molecule has 1 atom stereocenters. The van der Waals surface area contributed by atoms with Gasteiger partial charge in [-0.1, -0.05) is 25.1 Å². The molecule has 1 aromatic carbocycles. The second kappa shape index (κ2) is 5.61. The summed E-state index contributed by atoms with van der Waals surface area (Å²) in [7, 11) is 2.11. The number of fused-ring (bicyclic) bond motifs is 1.